The molecule has 0 radical (unpaired) electrons. The Balaban J connectivity index is 1.63. The van der Waals surface area contributed by atoms with Gasteiger partial charge in [0.25, 0.3) is 0 Å². The number of aromatic nitrogens is 5. The molecule has 1 aliphatic carbocycles. The van der Waals surface area contributed by atoms with Crippen LogP contribution < -0.4 is 5.32 Å². The first kappa shape index (κ1) is 14.1. The summed E-state index contributed by atoms with van der Waals surface area (Å²) in [7, 11) is 0. The summed E-state index contributed by atoms with van der Waals surface area (Å²) in [6.07, 6.45) is 9.59. The van der Waals surface area contributed by atoms with Crippen LogP contribution in [0.1, 0.15) is 19.3 Å². The van der Waals surface area contributed by atoms with Crippen LogP contribution in [0.15, 0.2) is 37.1 Å². The number of aliphatic hydroxyl groups excluding tert-OH is 1. The smallest absolute Gasteiger partial charge is 0.168 e. The van der Waals surface area contributed by atoms with Gasteiger partial charge in [-0.3, -0.25) is 4.98 Å². The number of rotatable bonds is 4. The zero-order valence-electron chi connectivity index (χ0n) is 12.6. The summed E-state index contributed by atoms with van der Waals surface area (Å²) in [5, 5.41) is 18.6. The number of aliphatic hydroxyl groups is 1. The maximum atomic E-state index is 9.94. The highest BCUT2D eigenvalue weighted by Gasteiger charge is 2.25. The van der Waals surface area contributed by atoms with Gasteiger partial charge in [-0.25, -0.2) is 14.6 Å². The largest absolute Gasteiger partial charge is 0.393 e. The lowest BCUT2D eigenvalue weighted by molar-refractivity contribution is 0.138. The van der Waals surface area contributed by atoms with E-state index in [4.69, 9.17) is 0 Å². The maximum Gasteiger partial charge on any atom is 0.168 e. The summed E-state index contributed by atoms with van der Waals surface area (Å²) in [6, 6.07) is 3.77. The predicted octanol–water partition coefficient (Wildman–Crippen LogP) is 1.78. The fourth-order valence-electron chi connectivity index (χ4n) is 3.14. The summed E-state index contributed by atoms with van der Waals surface area (Å²) >= 11 is 0. The van der Waals surface area contributed by atoms with E-state index in [0.29, 0.717) is 6.54 Å². The van der Waals surface area contributed by atoms with Gasteiger partial charge in [0.2, 0.25) is 0 Å². The van der Waals surface area contributed by atoms with Crippen molar-refractivity contribution in [3.05, 3.63) is 37.1 Å². The molecule has 3 heterocycles. The zero-order chi connectivity index (χ0) is 15.6. The minimum atomic E-state index is -0.209. The van der Waals surface area contributed by atoms with Crippen LogP contribution >= 0.6 is 0 Å². The summed E-state index contributed by atoms with van der Waals surface area (Å²) in [6.45, 7) is 0.716. The normalized spacial score (nSPS) is 20.9. The second kappa shape index (κ2) is 5.92. The Labute approximate surface area is 133 Å². The Morgan fingerprint density at radius 2 is 2.09 bits per heavy atom. The lowest BCUT2D eigenvalue weighted by Gasteiger charge is -2.15. The van der Waals surface area contributed by atoms with Gasteiger partial charge in [-0.1, -0.05) is 6.42 Å². The molecule has 4 rings (SSSR count). The Morgan fingerprint density at radius 1 is 1.22 bits per heavy atom. The molecule has 3 aromatic heterocycles. The molecule has 118 valence electrons. The van der Waals surface area contributed by atoms with Gasteiger partial charge in [0, 0.05) is 24.9 Å². The van der Waals surface area contributed by atoms with Crippen molar-refractivity contribution in [3.8, 4) is 5.69 Å². The first-order valence-electron chi connectivity index (χ1n) is 7.84. The molecule has 3 aromatic rings. The molecular weight excluding hydrogens is 292 g/mol. The third kappa shape index (κ3) is 2.63. The number of hydrogen-bond acceptors (Lipinski definition) is 6. The molecule has 2 unspecified atom stereocenters. The monoisotopic (exact) mass is 310 g/mol. The Morgan fingerprint density at radius 3 is 2.87 bits per heavy atom. The molecule has 2 atom stereocenters. The van der Waals surface area contributed by atoms with E-state index in [1.165, 1.54) is 6.33 Å². The molecule has 7 heteroatoms. The summed E-state index contributed by atoms with van der Waals surface area (Å²) in [5.74, 6) is 1.05. The Hall–Kier alpha value is -2.54. The Kier molecular flexibility index (Phi) is 3.63. The average molecular weight is 310 g/mol. The lowest BCUT2D eigenvalue weighted by atomic mass is 10.1. The van der Waals surface area contributed by atoms with Gasteiger partial charge < -0.3 is 10.4 Å². The average Bonchev–Trinajstić information content (AvgIpc) is 3.20. The van der Waals surface area contributed by atoms with Crippen molar-refractivity contribution in [3.63, 3.8) is 0 Å². The van der Waals surface area contributed by atoms with E-state index in [2.05, 4.69) is 25.4 Å². The number of anilines is 1. The van der Waals surface area contributed by atoms with Crippen molar-refractivity contribution in [2.45, 2.75) is 25.4 Å². The van der Waals surface area contributed by atoms with E-state index in [1.54, 1.807) is 23.3 Å². The SMILES string of the molecule is OC1CCCC1CNc1ncnc2c1cnn2-c1ccncc1. The topological polar surface area (TPSA) is 88.8 Å². The summed E-state index contributed by atoms with van der Waals surface area (Å²) in [4.78, 5) is 12.7. The van der Waals surface area contributed by atoms with Gasteiger partial charge >= 0.3 is 0 Å². The van der Waals surface area contributed by atoms with Crippen LogP contribution in [-0.4, -0.2) is 42.5 Å². The number of pyridine rings is 1. The molecule has 7 nitrogen and oxygen atoms in total. The van der Waals surface area contributed by atoms with Gasteiger partial charge in [-0.05, 0) is 25.0 Å². The molecule has 0 spiro atoms. The second-order valence-corrected chi connectivity index (χ2v) is 5.86. The molecule has 0 saturated heterocycles. The van der Waals surface area contributed by atoms with Gasteiger partial charge in [0.1, 0.15) is 12.1 Å². The van der Waals surface area contributed by atoms with Crippen molar-refractivity contribution in [2.75, 3.05) is 11.9 Å². The van der Waals surface area contributed by atoms with E-state index in [-0.39, 0.29) is 12.0 Å². The first-order valence-corrected chi connectivity index (χ1v) is 7.84. The van der Waals surface area contributed by atoms with Crippen LogP contribution in [-0.2, 0) is 0 Å². The van der Waals surface area contributed by atoms with Gasteiger partial charge in [0.05, 0.1) is 23.4 Å². The van der Waals surface area contributed by atoms with Gasteiger partial charge in [-0.2, -0.15) is 5.10 Å². The molecule has 1 fully saturated rings. The highest BCUT2D eigenvalue weighted by molar-refractivity contribution is 5.87. The molecule has 0 aliphatic heterocycles. The lowest BCUT2D eigenvalue weighted by Crippen LogP contribution is -2.22. The first-order chi connectivity index (χ1) is 11.3. The molecule has 0 amide bonds. The van der Waals surface area contributed by atoms with Crippen molar-refractivity contribution in [1.29, 1.82) is 0 Å². The highest BCUT2D eigenvalue weighted by Crippen LogP contribution is 2.27. The molecule has 2 N–H and O–H groups in total. The third-order valence-corrected chi connectivity index (χ3v) is 4.42. The van der Waals surface area contributed by atoms with Crippen LogP contribution in [0.5, 0.6) is 0 Å². The molecule has 1 saturated carbocycles. The van der Waals surface area contributed by atoms with Crippen LogP contribution in [0.4, 0.5) is 5.82 Å². The van der Waals surface area contributed by atoms with Crippen molar-refractivity contribution in [1.82, 2.24) is 24.7 Å². The summed E-state index contributed by atoms with van der Waals surface area (Å²) in [5.41, 5.74) is 1.66. The predicted molar refractivity (Wildman–Crippen MR) is 86.3 cm³/mol. The van der Waals surface area contributed by atoms with Crippen molar-refractivity contribution >= 4 is 16.9 Å². The number of hydrogen-bond donors (Lipinski definition) is 2. The van der Waals surface area contributed by atoms with Gasteiger partial charge in [0.15, 0.2) is 5.65 Å². The molecule has 1 aliphatic rings. The molecular formula is C16H18N6O. The molecule has 23 heavy (non-hydrogen) atoms. The van der Waals surface area contributed by atoms with Crippen LogP contribution in [0.25, 0.3) is 16.7 Å². The highest BCUT2D eigenvalue weighted by atomic mass is 16.3. The standard InChI is InChI=1S/C16H18N6O/c23-14-3-1-2-11(14)8-18-15-13-9-21-22(16(13)20-10-19-15)12-4-6-17-7-5-12/h4-7,9-11,14,23H,1-3,8H2,(H,18,19,20). The van der Waals surface area contributed by atoms with E-state index in [9.17, 15) is 5.11 Å². The van der Waals surface area contributed by atoms with E-state index in [0.717, 1.165) is 41.8 Å². The third-order valence-electron chi connectivity index (χ3n) is 4.42. The van der Waals surface area contributed by atoms with Crippen molar-refractivity contribution in [2.24, 2.45) is 5.92 Å². The quantitative estimate of drug-likeness (QED) is 0.763. The van der Waals surface area contributed by atoms with Gasteiger partial charge in [-0.15, -0.1) is 0 Å². The van der Waals surface area contributed by atoms with Crippen molar-refractivity contribution < 1.29 is 5.11 Å². The molecule has 0 aromatic carbocycles. The summed E-state index contributed by atoms with van der Waals surface area (Å²) < 4.78 is 1.77. The van der Waals surface area contributed by atoms with E-state index >= 15 is 0 Å². The minimum absolute atomic E-state index is 0.209. The number of nitrogens with zero attached hydrogens (tertiary/aromatic N) is 5. The Bertz CT molecular complexity index is 803. The van der Waals surface area contributed by atoms with Crippen LogP contribution in [0.2, 0.25) is 0 Å². The van der Waals surface area contributed by atoms with Crippen LogP contribution in [0, 0.1) is 5.92 Å². The second-order valence-electron chi connectivity index (χ2n) is 5.86. The van der Waals surface area contributed by atoms with E-state index < -0.39 is 0 Å². The fraction of sp³-hybridized carbons (Fsp3) is 0.375. The number of nitrogens with one attached hydrogen (secondary N) is 1. The van der Waals surface area contributed by atoms with Crippen LogP contribution in [0.3, 0.4) is 0 Å². The minimum Gasteiger partial charge on any atom is -0.393 e. The number of fused-ring (bicyclic) bond motifs is 1. The maximum absolute atomic E-state index is 9.94. The molecule has 0 bridgehead atoms. The zero-order valence-corrected chi connectivity index (χ0v) is 12.6. The van der Waals surface area contributed by atoms with E-state index in [1.807, 2.05) is 12.1 Å². The fourth-order valence-corrected chi connectivity index (χ4v) is 3.14.